The first-order chi connectivity index (χ1) is 12.6. The molecule has 10 heteroatoms. The highest BCUT2D eigenvalue weighted by molar-refractivity contribution is 7.91. The van der Waals surface area contributed by atoms with E-state index in [1.165, 1.54) is 0 Å². The lowest BCUT2D eigenvalue weighted by Crippen LogP contribution is -2.22. The Morgan fingerprint density at radius 2 is 2.07 bits per heavy atom. The van der Waals surface area contributed by atoms with Gasteiger partial charge < -0.3 is 4.57 Å². The number of hydrogen-bond acceptors (Lipinski definition) is 5. The van der Waals surface area contributed by atoms with Gasteiger partial charge in [0.1, 0.15) is 5.82 Å². The first-order valence-corrected chi connectivity index (χ1v) is 11.6. The van der Waals surface area contributed by atoms with Crippen LogP contribution in [0.2, 0.25) is 10.0 Å². The number of aromatic nitrogens is 3. The third kappa shape index (κ3) is 5.12. The maximum Gasteiger partial charge on any atom is 0.198 e. The van der Waals surface area contributed by atoms with E-state index < -0.39 is 9.84 Å². The van der Waals surface area contributed by atoms with E-state index in [1.807, 2.05) is 30.8 Å². The number of sulfone groups is 1. The second-order valence-electron chi connectivity index (χ2n) is 7.13. The molecule has 3 rings (SSSR count). The Balaban J connectivity index is 1.68. The van der Waals surface area contributed by atoms with Crippen LogP contribution < -0.4 is 0 Å². The summed E-state index contributed by atoms with van der Waals surface area (Å²) in [5.41, 5.74) is 1.05. The molecule has 1 fully saturated rings. The molecule has 1 aromatic carbocycles. The number of hydrogen-bond donors (Lipinski definition) is 0. The van der Waals surface area contributed by atoms with Crippen LogP contribution >= 0.6 is 35.4 Å². The minimum Gasteiger partial charge on any atom is -0.307 e. The first kappa shape index (κ1) is 20.8. The lowest BCUT2D eigenvalue weighted by atomic mass is 10.1. The van der Waals surface area contributed by atoms with Crippen LogP contribution in [0.1, 0.15) is 17.8 Å². The zero-order valence-electron chi connectivity index (χ0n) is 15.2. The van der Waals surface area contributed by atoms with Gasteiger partial charge in [-0.05, 0) is 49.3 Å². The van der Waals surface area contributed by atoms with Gasteiger partial charge in [0.15, 0.2) is 14.6 Å². The average Bonchev–Trinajstić information content (AvgIpc) is 3.05. The Morgan fingerprint density at radius 3 is 2.70 bits per heavy atom. The highest BCUT2D eigenvalue weighted by Crippen LogP contribution is 2.24. The van der Waals surface area contributed by atoms with Gasteiger partial charge in [-0.15, -0.1) is 0 Å². The molecule has 148 valence electrons. The van der Waals surface area contributed by atoms with Crippen LogP contribution in [0.3, 0.4) is 0 Å². The van der Waals surface area contributed by atoms with Crippen LogP contribution in [0.25, 0.3) is 0 Å². The SMILES string of the molecule is CN(Cc1ccc(Cl)c(Cl)c1)Cn1nc(CC2CCS(=O)(=O)C2)n(C)c1=S. The molecule has 0 radical (unpaired) electrons. The first-order valence-electron chi connectivity index (χ1n) is 8.60. The molecule has 0 bridgehead atoms. The summed E-state index contributed by atoms with van der Waals surface area (Å²) in [5, 5.41) is 5.69. The van der Waals surface area contributed by atoms with E-state index in [0.29, 0.717) is 40.9 Å². The van der Waals surface area contributed by atoms with Gasteiger partial charge in [0, 0.05) is 20.0 Å². The highest BCUT2D eigenvalue weighted by Gasteiger charge is 2.29. The van der Waals surface area contributed by atoms with E-state index in [0.717, 1.165) is 11.4 Å². The molecule has 0 saturated carbocycles. The molecule has 1 aliphatic heterocycles. The predicted octanol–water partition coefficient (Wildman–Crippen LogP) is 3.32. The van der Waals surface area contributed by atoms with Gasteiger partial charge in [0.2, 0.25) is 0 Å². The fourth-order valence-electron chi connectivity index (χ4n) is 3.32. The van der Waals surface area contributed by atoms with Crippen molar-refractivity contribution in [2.45, 2.75) is 26.1 Å². The largest absolute Gasteiger partial charge is 0.307 e. The maximum absolute atomic E-state index is 11.7. The average molecular weight is 449 g/mol. The molecule has 1 aromatic heterocycles. The van der Waals surface area contributed by atoms with Crippen molar-refractivity contribution in [3.8, 4) is 0 Å². The molecule has 6 nitrogen and oxygen atoms in total. The van der Waals surface area contributed by atoms with Crippen LogP contribution in [0.5, 0.6) is 0 Å². The van der Waals surface area contributed by atoms with E-state index in [1.54, 1.807) is 10.7 Å². The standard InChI is InChI=1S/C17H22Cl2N4O2S2/c1-21(9-12-3-4-14(18)15(19)7-12)11-23-17(26)22(2)16(20-23)8-13-5-6-27(24,25)10-13/h3-4,7,13H,5-6,8-11H2,1-2H3. The lowest BCUT2D eigenvalue weighted by Gasteiger charge is -2.16. The Kier molecular flexibility index (Phi) is 6.32. The molecular weight excluding hydrogens is 427 g/mol. The van der Waals surface area contributed by atoms with Crippen LogP contribution in [-0.4, -0.2) is 46.2 Å². The summed E-state index contributed by atoms with van der Waals surface area (Å²) in [6, 6.07) is 5.58. The van der Waals surface area contributed by atoms with E-state index >= 15 is 0 Å². The Bertz CT molecular complexity index is 1000. The zero-order valence-corrected chi connectivity index (χ0v) is 18.4. The minimum atomic E-state index is -2.89. The quantitative estimate of drug-likeness (QED) is 0.634. The van der Waals surface area contributed by atoms with E-state index in [-0.39, 0.29) is 17.4 Å². The molecule has 1 atom stereocenters. The number of nitrogens with zero attached hydrogens (tertiary/aromatic N) is 4. The van der Waals surface area contributed by atoms with E-state index in [9.17, 15) is 8.42 Å². The predicted molar refractivity (Wildman–Crippen MR) is 110 cm³/mol. The molecule has 2 aromatic rings. The summed E-state index contributed by atoms with van der Waals surface area (Å²) < 4.78 is 27.6. The van der Waals surface area contributed by atoms with Crippen LogP contribution in [0.15, 0.2) is 18.2 Å². The summed E-state index contributed by atoms with van der Waals surface area (Å²) in [6.07, 6.45) is 1.32. The minimum absolute atomic E-state index is 0.118. The molecule has 0 N–H and O–H groups in total. The fourth-order valence-corrected chi connectivity index (χ4v) is 5.71. The van der Waals surface area contributed by atoms with Crippen molar-refractivity contribution in [3.05, 3.63) is 44.4 Å². The summed E-state index contributed by atoms with van der Waals surface area (Å²) in [4.78, 5) is 2.08. The van der Waals surface area contributed by atoms with E-state index in [2.05, 4.69) is 10.00 Å². The lowest BCUT2D eigenvalue weighted by molar-refractivity contribution is 0.243. The van der Waals surface area contributed by atoms with Gasteiger partial charge >= 0.3 is 0 Å². The monoisotopic (exact) mass is 448 g/mol. The third-order valence-corrected chi connectivity index (χ3v) is 7.80. The van der Waals surface area contributed by atoms with Gasteiger partial charge in [-0.3, -0.25) is 4.90 Å². The zero-order chi connectivity index (χ0) is 19.8. The van der Waals surface area contributed by atoms with Crippen molar-refractivity contribution in [1.29, 1.82) is 0 Å². The summed E-state index contributed by atoms with van der Waals surface area (Å²) >= 11 is 17.5. The molecule has 0 amide bonds. The number of rotatable bonds is 6. The molecule has 27 heavy (non-hydrogen) atoms. The summed E-state index contributed by atoms with van der Waals surface area (Å²) in [7, 11) is 0.963. The van der Waals surface area contributed by atoms with E-state index in [4.69, 9.17) is 35.4 Å². The fraction of sp³-hybridized carbons (Fsp3) is 0.529. The van der Waals surface area contributed by atoms with Gasteiger partial charge in [-0.25, -0.2) is 13.1 Å². The Hall–Kier alpha value is -0.930. The van der Waals surface area contributed by atoms with Crippen molar-refractivity contribution in [2.24, 2.45) is 13.0 Å². The highest BCUT2D eigenvalue weighted by atomic mass is 35.5. The van der Waals surface area contributed by atoms with Gasteiger partial charge in [0.05, 0.1) is 28.2 Å². The number of benzene rings is 1. The second-order valence-corrected chi connectivity index (χ2v) is 10.5. The Morgan fingerprint density at radius 1 is 1.33 bits per heavy atom. The van der Waals surface area contributed by atoms with Crippen molar-refractivity contribution < 1.29 is 8.42 Å². The maximum atomic E-state index is 11.7. The smallest absolute Gasteiger partial charge is 0.198 e. The third-order valence-electron chi connectivity index (χ3n) is 4.74. The molecule has 2 heterocycles. The summed E-state index contributed by atoms with van der Waals surface area (Å²) in [6.45, 7) is 1.20. The molecule has 1 saturated heterocycles. The van der Waals surface area contributed by atoms with Crippen molar-refractivity contribution in [3.63, 3.8) is 0 Å². The van der Waals surface area contributed by atoms with Crippen molar-refractivity contribution >= 4 is 45.3 Å². The van der Waals surface area contributed by atoms with Crippen molar-refractivity contribution in [2.75, 3.05) is 18.6 Å². The Labute approximate surface area is 174 Å². The molecule has 0 aliphatic carbocycles. The second kappa shape index (κ2) is 8.21. The van der Waals surface area contributed by atoms with Crippen LogP contribution in [0, 0.1) is 10.7 Å². The van der Waals surface area contributed by atoms with Crippen molar-refractivity contribution in [1.82, 2.24) is 19.2 Å². The van der Waals surface area contributed by atoms with Crippen LogP contribution in [0.4, 0.5) is 0 Å². The molecular formula is C17H22Cl2N4O2S2. The topological polar surface area (TPSA) is 60.1 Å². The molecule has 1 aliphatic rings. The van der Waals surface area contributed by atoms with Gasteiger partial charge in [-0.2, -0.15) is 5.10 Å². The normalized spacial score (nSPS) is 19.1. The number of halogens is 2. The summed E-state index contributed by atoms with van der Waals surface area (Å²) in [5.74, 6) is 1.46. The molecule has 1 unspecified atom stereocenters. The van der Waals surface area contributed by atoms with Crippen LogP contribution in [-0.2, 0) is 36.5 Å². The van der Waals surface area contributed by atoms with Gasteiger partial charge in [0.25, 0.3) is 0 Å². The molecule has 0 spiro atoms. The van der Waals surface area contributed by atoms with Gasteiger partial charge in [-0.1, -0.05) is 29.3 Å².